The van der Waals surface area contributed by atoms with Crippen LogP contribution in [0.4, 0.5) is 5.69 Å². The van der Waals surface area contributed by atoms with Crippen molar-refractivity contribution < 1.29 is 23.9 Å². The first kappa shape index (κ1) is 26.5. The third kappa shape index (κ3) is 3.69. The topological polar surface area (TPSA) is 80.8 Å². The molecule has 2 amide bonds. The summed E-state index contributed by atoms with van der Waals surface area (Å²) in [5.41, 5.74) is 7.06. The summed E-state index contributed by atoms with van der Waals surface area (Å²) in [6.07, 6.45) is 0. The molecule has 8 rings (SSSR count). The van der Waals surface area contributed by atoms with Crippen LogP contribution in [0, 0.1) is 25.7 Å². The molecule has 0 saturated carbocycles. The first-order chi connectivity index (χ1) is 20.2. The summed E-state index contributed by atoms with van der Waals surface area (Å²) in [7, 11) is 0. The second kappa shape index (κ2) is 9.60. The van der Waals surface area contributed by atoms with Gasteiger partial charge in [-0.2, -0.15) is 0 Å². The zero-order chi connectivity index (χ0) is 29.3. The zero-order valence-electron chi connectivity index (χ0n) is 23.0. The van der Waals surface area contributed by atoms with Crippen molar-refractivity contribution in [2.45, 2.75) is 24.1 Å². The minimum absolute atomic E-state index is 0.223. The number of alkyl halides is 1. The molecule has 1 saturated heterocycles. The fourth-order valence-corrected chi connectivity index (χ4v) is 8.21. The van der Waals surface area contributed by atoms with Crippen molar-refractivity contribution in [2.24, 2.45) is 11.8 Å². The van der Waals surface area contributed by atoms with E-state index in [1.807, 2.05) is 74.5 Å². The normalized spacial score (nSPS) is 23.3. The number of carbonyl (C=O) groups excluding carboxylic acids is 4. The molecular weight excluding hydrogens is 594 g/mol. The molecule has 1 aliphatic heterocycles. The van der Waals surface area contributed by atoms with Gasteiger partial charge in [0.1, 0.15) is 0 Å². The molecule has 6 nitrogen and oxygen atoms in total. The van der Waals surface area contributed by atoms with Crippen LogP contribution in [0.25, 0.3) is 0 Å². The number of halogens is 1. The van der Waals surface area contributed by atoms with E-state index < -0.39 is 22.1 Å². The summed E-state index contributed by atoms with van der Waals surface area (Å²) < 4.78 is 4.48. The van der Waals surface area contributed by atoms with E-state index in [0.29, 0.717) is 11.3 Å². The van der Waals surface area contributed by atoms with Crippen LogP contribution in [0.3, 0.4) is 0 Å². The molecular formula is C35H26BrNO5. The summed E-state index contributed by atoms with van der Waals surface area (Å²) in [6, 6.07) is 27.8. The Bertz CT molecular complexity index is 1780. The van der Waals surface area contributed by atoms with E-state index in [0.717, 1.165) is 33.4 Å². The highest BCUT2D eigenvalue weighted by Gasteiger charge is 2.67. The number of imide groups is 1. The summed E-state index contributed by atoms with van der Waals surface area (Å²) in [5.74, 6) is -2.86. The number of esters is 1. The number of Topliss-reactive ketones (excluding diaryl/α,β-unsaturated/α-hetero) is 1. The molecule has 0 unspecified atom stereocenters. The highest BCUT2D eigenvalue weighted by atomic mass is 79.9. The molecule has 0 N–H and O–H groups in total. The van der Waals surface area contributed by atoms with E-state index in [1.54, 1.807) is 18.2 Å². The molecule has 208 valence electrons. The maximum atomic E-state index is 14.1. The van der Waals surface area contributed by atoms with Gasteiger partial charge in [-0.1, -0.05) is 82.2 Å². The molecule has 0 radical (unpaired) electrons. The lowest BCUT2D eigenvalue weighted by Gasteiger charge is -2.51. The number of hydrogen-bond acceptors (Lipinski definition) is 5. The van der Waals surface area contributed by atoms with E-state index in [2.05, 4.69) is 15.9 Å². The predicted octanol–water partition coefficient (Wildman–Crippen LogP) is 6.25. The lowest BCUT2D eigenvalue weighted by atomic mass is 9.55. The molecule has 4 aromatic rings. The third-order valence-electron chi connectivity index (χ3n) is 8.90. The quantitative estimate of drug-likeness (QED) is 0.114. The molecule has 3 aliphatic carbocycles. The van der Waals surface area contributed by atoms with Crippen LogP contribution in [0.15, 0.2) is 91.0 Å². The van der Waals surface area contributed by atoms with Gasteiger partial charge in [-0.05, 0) is 72.0 Å². The Morgan fingerprint density at radius 3 is 2.10 bits per heavy atom. The van der Waals surface area contributed by atoms with E-state index in [9.17, 15) is 19.2 Å². The molecule has 4 aliphatic rings. The SMILES string of the molecule is Cc1ccc(C)c(C(=O)COC(=O)c2ccc(N3C(=O)[C@@H]4C5c6ccccc6C(Br)(c6ccccc65)[C@@H]4C3=O)cc2)c1. The van der Waals surface area contributed by atoms with Crippen molar-refractivity contribution in [1.82, 2.24) is 0 Å². The first-order valence-electron chi connectivity index (χ1n) is 13.8. The largest absolute Gasteiger partial charge is 0.454 e. The van der Waals surface area contributed by atoms with Crippen LogP contribution in [-0.4, -0.2) is 30.2 Å². The van der Waals surface area contributed by atoms with Gasteiger partial charge in [-0.3, -0.25) is 14.4 Å². The maximum Gasteiger partial charge on any atom is 0.338 e. The third-order valence-corrected chi connectivity index (χ3v) is 10.3. The minimum atomic E-state index is -0.826. The monoisotopic (exact) mass is 619 g/mol. The number of amides is 2. The van der Waals surface area contributed by atoms with Gasteiger partial charge in [0.05, 0.1) is 27.4 Å². The number of nitrogens with zero attached hydrogens (tertiary/aromatic N) is 1. The summed E-state index contributed by atoms with van der Waals surface area (Å²) in [5, 5.41) is 0. The summed E-state index contributed by atoms with van der Waals surface area (Å²) in [6.45, 7) is 3.35. The maximum absolute atomic E-state index is 14.1. The van der Waals surface area contributed by atoms with Gasteiger partial charge in [0.2, 0.25) is 17.6 Å². The molecule has 0 aromatic heterocycles. The minimum Gasteiger partial charge on any atom is -0.454 e. The average Bonchev–Trinajstić information content (AvgIpc) is 3.28. The number of carbonyl (C=O) groups is 4. The van der Waals surface area contributed by atoms with Gasteiger partial charge < -0.3 is 4.74 Å². The number of hydrogen-bond donors (Lipinski definition) is 0. The number of anilines is 1. The smallest absolute Gasteiger partial charge is 0.338 e. The Hall–Kier alpha value is -4.36. The molecule has 42 heavy (non-hydrogen) atoms. The van der Waals surface area contributed by atoms with Crippen LogP contribution in [0.1, 0.15) is 60.0 Å². The Labute approximate surface area is 251 Å². The Balaban J connectivity index is 1.15. The van der Waals surface area contributed by atoms with Crippen LogP contribution in [0.2, 0.25) is 0 Å². The molecule has 7 heteroatoms. The van der Waals surface area contributed by atoms with Gasteiger partial charge in [0, 0.05) is 11.5 Å². The first-order valence-corrected chi connectivity index (χ1v) is 14.6. The van der Waals surface area contributed by atoms with Gasteiger partial charge in [0.25, 0.3) is 0 Å². The number of aryl methyl sites for hydroxylation is 2. The van der Waals surface area contributed by atoms with Crippen molar-refractivity contribution >= 4 is 45.2 Å². The molecule has 2 bridgehead atoms. The fraction of sp³-hybridized carbons (Fsp3) is 0.200. The summed E-state index contributed by atoms with van der Waals surface area (Å²) in [4.78, 5) is 54.8. The molecule has 1 heterocycles. The van der Waals surface area contributed by atoms with Crippen molar-refractivity contribution in [3.05, 3.63) is 136 Å². The lowest BCUT2D eigenvalue weighted by Crippen LogP contribution is -2.50. The standard InChI is InChI=1S/C35H26BrNO5/c1-19-11-12-20(2)25(17-19)28(38)18-42-34(41)21-13-15-22(16-14-21)37-32(39)30-29-23-7-3-5-9-26(23)35(36,31(30)33(37)40)27-10-6-4-8-24(27)29/h3-17,29-31H,18H2,1-2H3/t29?,30-,31+,35?/m1/s1. The van der Waals surface area contributed by atoms with Crippen molar-refractivity contribution in [2.75, 3.05) is 11.5 Å². The Kier molecular flexibility index (Phi) is 6.06. The van der Waals surface area contributed by atoms with Crippen molar-refractivity contribution in [3.8, 4) is 0 Å². The van der Waals surface area contributed by atoms with Crippen LogP contribution >= 0.6 is 15.9 Å². The molecule has 0 spiro atoms. The van der Waals surface area contributed by atoms with Gasteiger partial charge in [-0.15, -0.1) is 0 Å². The van der Waals surface area contributed by atoms with Gasteiger partial charge in [0.15, 0.2) is 6.61 Å². The molecule has 1 fully saturated rings. The second-order valence-electron chi connectivity index (χ2n) is 11.2. The molecule has 4 aromatic carbocycles. The van der Waals surface area contributed by atoms with Crippen LogP contribution < -0.4 is 4.90 Å². The number of ketones is 1. The predicted molar refractivity (Wildman–Crippen MR) is 161 cm³/mol. The highest BCUT2D eigenvalue weighted by molar-refractivity contribution is 9.09. The van der Waals surface area contributed by atoms with Gasteiger partial charge >= 0.3 is 5.97 Å². The van der Waals surface area contributed by atoms with E-state index in [-0.39, 0.29) is 35.7 Å². The number of benzene rings is 4. The Morgan fingerprint density at radius 1 is 0.833 bits per heavy atom. The highest BCUT2D eigenvalue weighted by Crippen LogP contribution is 2.66. The van der Waals surface area contributed by atoms with Crippen LogP contribution in [-0.2, 0) is 18.7 Å². The zero-order valence-corrected chi connectivity index (χ0v) is 24.6. The van der Waals surface area contributed by atoms with Crippen LogP contribution in [0.5, 0.6) is 0 Å². The second-order valence-corrected chi connectivity index (χ2v) is 12.5. The van der Waals surface area contributed by atoms with E-state index in [4.69, 9.17) is 4.74 Å². The average molecular weight is 620 g/mol. The summed E-state index contributed by atoms with van der Waals surface area (Å²) >= 11 is 4.00. The fourth-order valence-electron chi connectivity index (χ4n) is 7.01. The van der Waals surface area contributed by atoms with Crippen molar-refractivity contribution in [3.63, 3.8) is 0 Å². The van der Waals surface area contributed by atoms with Crippen molar-refractivity contribution in [1.29, 1.82) is 0 Å². The lowest BCUT2D eigenvalue weighted by molar-refractivity contribution is -0.122. The van der Waals surface area contributed by atoms with E-state index in [1.165, 1.54) is 17.0 Å². The molecule has 2 atom stereocenters. The van der Waals surface area contributed by atoms with Gasteiger partial charge in [-0.25, -0.2) is 9.69 Å². The van der Waals surface area contributed by atoms with E-state index >= 15 is 0 Å². The number of ether oxygens (including phenoxy) is 1. The Morgan fingerprint density at radius 2 is 1.45 bits per heavy atom. The number of rotatable bonds is 5.